The van der Waals surface area contributed by atoms with Crippen LogP contribution >= 0.6 is 0 Å². The van der Waals surface area contributed by atoms with Crippen LogP contribution in [-0.2, 0) is 0 Å². The van der Waals surface area contributed by atoms with Gasteiger partial charge in [0.15, 0.2) is 0 Å². The average Bonchev–Trinajstić information content (AvgIpc) is 1.89. The van der Waals surface area contributed by atoms with Crippen molar-refractivity contribution in [2.75, 3.05) is 0 Å². The summed E-state index contributed by atoms with van der Waals surface area (Å²) in [6, 6.07) is 2.66. The molecule has 44 valence electrons. The van der Waals surface area contributed by atoms with E-state index in [1.54, 1.807) is 0 Å². The highest BCUT2D eigenvalue weighted by Crippen LogP contribution is 2.10. The third kappa shape index (κ3) is 1.03. The molecule has 9 heavy (non-hydrogen) atoms. The largest absolute Gasteiger partial charge is 0.358 e. The van der Waals surface area contributed by atoms with E-state index >= 15 is 0 Å². The lowest BCUT2D eigenvalue weighted by Gasteiger charge is -1.85. The third-order valence-electron chi connectivity index (χ3n) is 0.845. The lowest BCUT2D eigenvalue weighted by atomic mass is 10.4. The van der Waals surface area contributed by atoms with Crippen LogP contribution in [0.2, 0.25) is 0 Å². The van der Waals surface area contributed by atoms with E-state index in [-0.39, 0.29) is 5.82 Å². The summed E-state index contributed by atoms with van der Waals surface area (Å²) in [5, 5.41) is 0. The molecule has 0 radical (unpaired) electrons. The quantitative estimate of drug-likeness (QED) is 0.479. The Morgan fingerprint density at radius 2 is 2.44 bits per heavy atom. The number of nitrogens with zero attached hydrogens (tertiary/aromatic N) is 2. The second-order valence-corrected chi connectivity index (χ2v) is 1.42. The molecular formula is C6H3FN2. The molecule has 0 N–H and O–H groups in total. The summed E-state index contributed by atoms with van der Waals surface area (Å²) in [5.74, 6) is -0.731. The smallest absolute Gasteiger partial charge is 0.305 e. The van der Waals surface area contributed by atoms with E-state index in [1.807, 2.05) is 0 Å². The Kier molecular flexibility index (Phi) is 1.41. The van der Waals surface area contributed by atoms with Crippen molar-refractivity contribution < 1.29 is 4.39 Å². The van der Waals surface area contributed by atoms with Crippen LogP contribution in [0.3, 0.4) is 0 Å². The van der Waals surface area contributed by atoms with Gasteiger partial charge < -0.3 is 4.85 Å². The second-order valence-electron chi connectivity index (χ2n) is 1.42. The van der Waals surface area contributed by atoms with Crippen molar-refractivity contribution in [2.24, 2.45) is 0 Å². The zero-order valence-corrected chi connectivity index (χ0v) is 4.50. The second kappa shape index (κ2) is 2.23. The maximum atomic E-state index is 12.3. The standard InChI is InChI=1S/C6H3FN2/c1-8-6-5(7)3-2-4-9-6/h2-4H. The SMILES string of the molecule is [C-]#[N+]c1ncccc1F. The van der Waals surface area contributed by atoms with Crippen LogP contribution in [0.1, 0.15) is 0 Å². The monoisotopic (exact) mass is 122 g/mol. The number of pyridine rings is 1. The Hall–Kier alpha value is -1.43. The molecule has 1 rings (SSSR count). The molecule has 0 amide bonds. The molecule has 0 spiro atoms. The molecule has 0 atom stereocenters. The van der Waals surface area contributed by atoms with Crippen LogP contribution in [0, 0.1) is 12.4 Å². The summed E-state index contributed by atoms with van der Waals surface area (Å²) in [4.78, 5) is 6.30. The molecule has 0 aliphatic carbocycles. The highest BCUT2D eigenvalue weighted by Gasteiger charge is 1.97. The number of hydrogen-bond donors (Lipinski definition) is 0. The van der Waals surface area contributed by atoms with Crippen LogP contribution in [0.4, 0.5) is 10.2 Å². The van der Waals surface area contributed by atoms with Gasteiger partial charge in [-0.1, -0.05) is 6.57 Å². The summed E-state index contributed by atoms with van der Waals surface area (Å²) < 4.78 is 12.3. The van der Waals surface area contributed by atoms with Gasteiger partial charge in [0.2, 0.25) is 0 Å². The molecule has 0 bridgehead atoms. The summed E-state index contributed by atoms with van der Waals surface area (Å²) in [5.41, 5.74) is 0. The minimum absolute atomic E-state index is 0.169. The zero-order chi connectivity index (χ0) is 6.69. The van der Waals surface area contributed by atoms with Crippen molar-refractivity contribution >= 4 is 5.82 Å². The van der Waals surface area contributed by atoms with E-state index in [4.69, 9.17) is 6.57 Å². The minimum atomic E-state index is -0.562. The first-order valence-corrected chi connectivity index (χ1v) is 2.32. The highest BCUT2D eigenvalue weighted by atomic mass is 19.1. The molecular weight excluding hydrogens is 119 g/mol. The van der Waals surface area contributed by atoms with Crippen molar-refractivity contribution in [2.45, 2.75) is 0 Å². The summed E-state index contributed by atoms with van der Waals surface area (Å²) >= 11 is 0. The van der Waals surface area contributed by atoms with Crippen molar-refractivity contribution in [1.29, 1.82) is 0 Å². The van der Waals surface area contributed by atoms with E-state index in [9.17, 15) is 4.39 Å². The summed E-state index contributed by atoms with van der Waals surface area (Å²) in [6.45, 7) is 6.41. The average molecular weight is 122 g/mol. The minimum Gasteiger partial charge on any atom is -0.358 e. The Morgan fingerprint density at radius 3 is 2.89 bits per heavy atom. The fourth-order valence-corrected chi connectivity index (χ4v) is 0.460. The van der Waals surface area contributed by atoms with Gasteiger partial charge in [-0.05, 0) is 12.1 Å². The molecule has 0 unspecified atom stereocenters. The van der Waals surface area contributed by atoms with Crippen molar-refractivity contribution in [1.82, 2.24) is 4.98 Å². The molecule has 0 aliphatic heterocycles. The Bertz CT molecular complexity index is 251. The summed E-state index contributed by atoms with van der Waals surface area (Å²) in [6.07, 6.45) is 1.39. The number of aromatic nitrogens is 1. The first-order valence-electron chi connectivity index (χ1n) is 2.32. The van der Waals surface area contributed by atoms with Crippen molar-refractivity contribution in [3.63, 3.8) is 0 Å². The van der Waals surface area contributed by atoms with Gasteiger partial charge in [-0.2, -0.15) is 0 Å². The lowest BCUT2D eigenvalue weighted by Crippen LogP contribution is -1.75. The van der Waals surface area contributed by atoms with Crippen LogP contribution in [0.5, 0.6) is 0 Å². The van der Waals surface area contributed by atoms with Gasteiger partial charge in [-0.25, -0.2) is 4.39 Å². The number of rotatable bonds is 0. The molecule has 0 aliphatic rings. The van der Waals surface area contributed by atoms with Gasteiger partial charge in [0, 0.05) is 0 Å². The van der Waals surface area contributed by atoms with Crippen LogP contribution in [0.25, 0.3) is 4.85 Å². The van der Waals surface area contributed by atoms with Gasteiger partial charge >= 0.3 is 5.82 Å². The van der Waals surface area contributed by atoms with Crippen molar-refractivity contribution in [3.8, 4) is 0 Å². The lowest BCUT2D eigenvalue weighted by molar-refractivity contribution is 0.628. The van der Waals surface area contributed by atoms with E-state index in [0.717, 1.165) is 0 Å². The number of halogens is 1. The van der Waals surface area contributed by atoms with Crippen LogP contribution in [0.15, 0.2) is 18.3 Å². The third-order valence-corrected chi connectivity index (χ3v) is 0.845. The van der Waals surface area contributed by atoms with Gasteiger partial charge in [0.1, 0.15) is 12.0 Å². The van der Waals surface area contributed by atoms with Gasteiger partial charge in [0.05, 0.1) is 0 Å². The maximum Gasteiger partial charge on any atom is 0.305 e. The van der Waals surface area contributed by atoms with Gasteiger partial charge in [-0.3, -0.25) is 0 Å². The highest BCUT2D eigenvalue weighted by molar-refractivity contribution is 5.35. The molecule has 0 saturated heterocycles. The fourth-order valence-electron chi connectivity index (χ4n) is 0.460. The zero-order valence-electron chi connectivity index (χ0n) is 4.50. The van der Waals surface area contributed by atoms with E-state index in [2.05, 4.69) is 9.83 Å². The molecule has 0 fully saturated rings. The molecule has 3 heteroatoms. The van der Waals surface area contributed by atoms with E-state index < -0.39 is 5.82 Å². The molecule has 2 nitrogen and oxygen atoms in total. The van der Waals surface area contributed by atoms with Crippen LogP contribution in [-0.4, -0.2) is 4.98 Å². The van der Waals surface area contributed by atoms with Crippen molar-refractivity contribution in [3.05, 3.63) is 35.6 Å². The predicted octanol–water partition coefficient (Wildman–Crippen LogP) is 1.77. The molecule has 1 heterocycles. The predicted molar refractivity (Wildman–Crippen MR) is 30.5 cm³/mol. The van der Waals surface area contributed by atoms with Gasteiger partial charge in [-0.15, -0.1) is 4.98 Å². The number of hydrogen-bond acceptors (Lipinski definition) is 1. The molecule has 1 aromatic rings. The molecule has 0 aromatic carbocycles. The first kappa shape index (κ1) is 5.70. The topological polar surface area (TPSA) is 17.2 Å². The first-order chi connectivity index (χ1) is 4.34. The van der Waals surface area contributed by atoms with E-state index in [1.165, 1.54) is 18.3 Å². The van der Waals surface area contributed by atoms with Gasteiger partial charge in [0.25, 0.3) is 0 Å². The summed E-state index contributed by atoms with van der Waals surface area (Å²) in [7, 11) is 0. The molecule has 0 saturated carbocycles. The Labute approximate surface area is 51.8 Å². The Morgan fingerprint density at radius 1 is 1.67 bits per heavy atom. The van der Waals surface area contributed by atoms with E-state index in [0.29, 0.717) is 0 Å². The Balaban J connectivity index is 3.20. The molecule has 1 aromatic heterocycles. The fraction of sp³-hybridized carbons (Fsp3) is 0. The maximum absolute atomic E-state index is 12.3. The normalized spacial score (nSPS) is 8.44. The van der Waals surface area contributed by atoms with Crippen LogP contribution < -0.4 is 0 Å².